The molecule has 2 aromatic heterocycles. The van der Waals surface area contributed by atoms with Gasteiger partial charge in [0.1, 0.15) is 11.4 Å². The predicted octanol–water partition coefficient (Wildman–Crippen LogP) is 10.9. The average molecular weight is 951 g/mol. The third kappa shape index (κ3) is 9.59. The number of benzene rings is 6. The van der Waals surface area contributed by atoms with Gasteiger partial charge in [0.2, 0.25) is 0 Å². The summed E-state index contributed by atoms with van der Waals surface area (Å²) in [7, 11) is 4.39. The minimum atomic E-state index is -1.95. The molecule has 6 aromatic carbocycles. The fraction of sp³-hybridized carbons (Fsp3) is 0. The number of aromatic nitrogens is 2. The number of hydrogen-bond donors (Lipinski definition) is 0. The zero-order valence-electron chi connectivity index (χ0n) is 31.9. The van der Waals surface area contributed by atoms with E-state index in [-0.39, 0.29) is 19.8 Å². The maximum absolute atomic E-state index is 4.81. The smallest absolute Gasteiger partial charge is 0.339 e. The number of hydrogen-bond acceptors (Lipinski definition) is 0. The third-order valence-electron chi connectivity index (χ3n) is 9.99. The predicted molar refractivity (Wildman–Crippen MR) is 243 cm³/mol. The van der Waals surface area contributed by atoms with E-state index >= 15 is 0 Å². The SMILES string of the molecule is [CH2-][P+](/C=C\[P+]([CH2-])(c1ccccc1)c1ccccc1)(c1ccccc1)c1ccccc1.[CH2-][n+]1ccc(-c2ccccc2)cc1-c1cc(-c2ccccc2)cc[n+]1[CH2-].[Os+4]. The van der Waals surface area contributed by atoms with E-state index in [1.54, 1.807) is 0 Å². The Balaban J connectivity index is 0.000000191. The molecule has 0 spiro atoms. The summed E-state index contributed by atoms with van der Waals surface area (Å²) < 4.78 is 3.77. The van der Waals surface area contributed by atoms with Gasteiger partial charge in [-0.1, -0.05) is 133 Å². The van der Waals surface area contributed by atoms with Crippen LogP contribution >= 0.6 is 14.5 Å². The topological polar surface area (TPSA) is 7.76 Å². The average Bonchev–Trinajstić information content (AvgIpc) is 3.28. The van der Waals surface area contributed by atoms with E-state index in [4.69, 9.17) is 13.3 Å². The van der Waals surface area contributed by atoms with Gasteiger partial charge >= 0.3 is 19.8 Å². The van der Waals surface area contributed by atoms with Crippen molar-refractivity contribution in [2.45, 2.75) is 0 Å². The number of rotatable bonds is 9. The molecule has 0 saturated carbocycles. The van der Waals surface area contributed by atoms with Gasteiger partial charge in [-0.15, -0.1) is 0 Å². The summed E-state index contributed by atoms with van der Waals surface area (Å²) in [5.74, 6) is 4.75. The van der Waals surface area contributed by atoms with Gasteiger partial charge in [-0.05, 0) is 110 Å². The molecule has 0 atom stereocenters. The normalized spacial score (nSPS) is 11.3. The zero-order chi connectivity index (χ0) is 38.8. The Morgan fingerprint density at radius 1 is 0.333 bits per heavy atom. The Bertz CT molecular complexity index is 2240. The van der Waals surface area contributed by atoms with Crippen molar-refractivity contribution in [3.8, 4) is 33.6 Å². The quantitative estimate of drug-likeness (QED) is 0.0774. The van der Waals surface area contributed by atoms with Crippen molar-refractivity contribution in [1.82, 2.24) is 0 Å². The first-order valence-corrected chi connectivity index (χ1v) is 22.7. The number of nitrogens with zero attached hydrogens (tertiary/aromatic N) is 2. The van der Waals surface area contributed by atoms with Crippen molar-refractivity contribution in [2.75, 3.05) is 0 Å². The standard InChI is InChI=1S/C28H26P2.C24H20N2.Os/c1-29(25-15-7-3-8-16-25,26-17-9-4-10-18-26)23-24-30(2,27-19-11-5-12-20-27)28-21-13-6-14-22-28;1-25-15-13-21(19-9-5-3-6-10-19)17-23(25)24-18-22(14-16-26(24)2)20-11-7-4-8-12-20;/h3-24H,1-2H2;3-18H,1-2H2;/q;;+4/b24-23-;;. The molecule has 57 heavy (non-hydrogen) atoms. The van der Waals surface area contributed by atoms with E-state index in [1.165, 1.54) is 32.3 Å². The molecule has 0 unspecified atom stereocenters. The second-order valence-corrected chi connectivity index (χ2v) is 19.8. The van der Waals surface area contributed by atoms with Gasteiger partial charge < -0.3 is 9.13 Å². The molecular weight excluding hydrogens is 905 g/mol. The molecule has 0 aliphatic rings. The first-order valence-electron chi connectivity index (χ1n) is 18.6. The Morgan fingerprint density at radius 3 is 0.842 bits per heavy atom. The van der Waals surface area contributed by atoms with E-state index in [0.717, 1.165) is 22.5 Å². The van der Waals surface area contributed by atoms with Crippen molar-refractivity contribution in [1.29, 1.82) is 0 Å². The molecule has 0 aliphatic heterocycles. The Morgan fingerprint density at radius 2 is 0.579 bits per heavy atom. The molecule has 0 saturated heterocycles. The van der Waals surface area contributed by atoms with Crippen LogP contribution < -0.4 is 30.4 Å². The van der Waals surface area contributed by atoms with Gasteiger partial charge in [-0.3, -0.25) is 0 Å². The summed E-state index contributed by atoms with van der Waals surface area (Å²) in [6.45, 7) is 9.63. The third-order valence-corrected chi connectivity index (χ3v) is 16.4. The fourth-order valence-electron chi connectivity index (χ4n) is 6.77. The molecule has 0 N–H and O–H groups in total. The first-order chi connectivity index (χ1) is 27.3. The zero-order valence-corrected chi connectivity index (χ0v) is 36.2. The minimum absolute atomic E-state index is 0. The molecule has 0 bridgehead atoms. The summed E-state index contributed by atoms with van der Waals surface area (Å²) in [6.07, 6.45) is 3.99. The van der Waals surface area contributed by atoms with Crippen molar-refractivity contribution in [2.24, 2.45) is 0 Å². The molecule has 0 fully saturated rings. The van der Waals surface area contributed by atoms with Crippen LogP contribution in [0.3, 0.4) is 0 Å². The Kier molecular flexibility index (Phi) is 13.9. The molecule has 0 radical (unpaired) electrons. The van der Waals surface area contributed by atoms with Gasteiger partial charge in [-0.25, -0.2) is 0 Å². The van der Waals surface area contributed by atoms with Crippen LogP contribution in [0, 0.1) is 27.4 Å². The van der Waals surface area contributed by atoms with E-state index < -0.39 is 14.5 Å². The van der Waals surface area contributed by atoms with E-state index in [1.807, 2.05) is 33.7 Å². The van der Waals surface area contributed by atoms with E-state index in [2.05, 4.69) is 220 Å². The van der Waals surface area contributed by atoms with Gasteiger partial charge in [-0.2, -0.15) is 13.3 Å². The van der Waals surface area contributed by atoms with Crippen LogP contribution in [0.25, 0.3) is 33.6 Å². The molecule has 2 heterocycles. The van der Waals surface area contributed by atoms with Gasteiger partial charge in [0, 0.05) is 14.1 Å². The largest absolute Gasteiger partial charge is 4.00 e. The van der Waals surface area contributed by atoms with Crippen molar-refractivity contribution in [3.63, 3.8) is 0 Å². The van der Waals surface area contributed by atoms with Crippen LogP contribution in [0.2, 0.25) is 0 Å². The van der Waals surface area contributed by atoms with E-state index in [0.29, 0.717) is 0 Å². The molecule has 0 aliphatic carbocycles. The molecule has 278 valence electrons. The minimum Gasteiger partial charge on any atom is -0.339 e. The molecule has 8 aromatic rings. The fourth-order valence-corrected chi connectivity index (χ4v) is 12.7. The summed E-state index contributed by atoms with van der Waals surface area (Å²) in [5.41, 5.74) is 6.71. The maximum Gasteiger partial charge on any atom is 4.00 e. The van der Waals surface area contributed by atoms with Crippen molar-refractivity contribution >= 4 is 35.7 Å². The second kappa shape index (κ2) is 19.2. The molecule has 2 nitrogen and oxygen atoms in total. The van der Waals surface area contributed by atoms with Crippen LogP contribution in [0.4, 0.5) is 0 Å². The summed E-state index contributed by atoms with van der Waals surface area (Å²) in [5, 5.41) is 5.11. The van der Waals surface area contributed by atoms with Crippen LogP contribution in [-0.2, 0) is 19.8 Å². The van der Waals surface area contributed by atoms with Crippen LogP contribution in [0.15, 0.2) is 230 Å². The molecule has 0 amide bonds. The maximum atomic E-state index is 4.81. The first kappa shape index (κ1) is 41.2. The summed E-state index contributed by atoms with van der Waals surface area (Å²) in [4.78, 5) is 0. The second-order valence-electron chi connectivity index (χ2n) is 13.7. The van der Waals surface area contributed by atoms with Gasteiger partial charge in [0.05, 0.1) is 45.2 Å². The summed E-state index contributed by atoms with van der Waals surface area (Å²) >= 11 is 0. The number of pyridine rings is 2. The molecule has 5 heteroatoms. The van der Waals surface area contributed by atoms with Crippen LogP contribution in [-0.4, -0.2) is 0 Å². The summed E-state index contributed by atoms with van der Waals surface area (Å²) in [6, 6.07) is 71.9. The van der Waals surface area contributed by atoms with Crippen LogP contribution in [0.1, 0.15) is 0 Å². The molecular formula is C52H46N2OsP2+4. The van der Waals surface area contributed by atoms with Crippen molar-refractivity contribution < 1.29 is 28.9 Å². The van der Waals surface area contributed by atoms with E-state index in [9.17, 15) is 0 Å². The molecule has 8 rings (SSSR count). The monoisotopic (exact) mass is 952 g/mol. The van der Waals surface area contributed by atoms with Crippen LogP contribution in [0.5, 0.6) is 0 Å². The van der Waals surface area contributed by atoms with Crippen molar-refractivity contribution in [3.05, 3.63) is 258 Å². The Labute approximate surface area is 354 Å². The Hall–Kier alpha value is -5.40. The van der Waals surface area contributed by atoms with Gasteiger partial charge in [0.15, 0.2) is 0 Å². The van der Waals surface area contributed by atoms with Gasteiger partial charge in [0.25, 0.3) is 0 Å².